The van der Waals surface area contributed by atoms with Gasteiger partial charge in [-0.2, -0.15) is 0 Å². The minimum atomic E-state index is 0.516. The lowest BCUT2D eigenvalue weighted by Gasteiger charge is -2.09. The van der Waals surface area contributed by atoms with Crippen molar-refractivity contribution in [3.8, 4) is 0 Å². The van der Waals surface area contributed by atoms with Gasteiger partial charge in [0.1, 0.15) is 0 Å². The van der Waals surface area contributed by atoms with Gasteiger partial charge in [0, 0.05) is 24.2 Å². The predicted molar refractivity (Wildman–Crippen MR) is 55.9 cm³/mol. The summed E-state index contributed by atoms with van der Waals surface area (Å²) in [5.41, 5.74) is 0. The van der Waals surface area contributed by atoms with Crippen LogP contribution in [0.25, 0.3) is 0 Å². The minimum Gasteiger partial charge on any atom is -0.316 e. The lowest BCUT2D eigenvalue weighted by Crippen LogP contribution is -2.22. The maximum Gasteiger partial charge on any atom is 0.187 e. The third-order valence-electron chi connectivity index (χ3n) is 1.53. The smallest absolute Gasteiger partial charge is 0.187 e. The quantitative estimate of drug-likeness (QED) is 0.574. The van der Waals surface area contributed by atoms with Gasteiger partial charge in [0.25, 0.3) is 0 Å². The molecule has 0 spiro atoms. The summed E-state index contributed by atoms with van der Waals surface area (Å²) < 4.78 is 0. The fourth-order valence-corrected chi connectivity index (χ4v) is 1.72. The van der Waals surface area contributed by atoms with Crippen molar-refractivity contribution in [3.05, 3.63) is 18.5 Å². The number of nitrogens with zero attached hydrogens (tertiary/aromatic N) is 2. The monoisotopic (exact) mass is 197 g/mol. The highest BCUT2D eigenvalue weighted by molar-refractivity contribution is 7.99. The molecule has 0 bridgehead atoms. The first-order valence-electron chi connectivity index (χ1n) is 4.47. The molecule has 72 valence electrons. The van der Waals surface area contributed by atoms with Gasteiger partial charge in [-0.3, -0.25) is 0 Å². The Morgan fingerprint density at radius 2 is 2.15 bits per heavy atom. The minimum absolute atomic E-state index is 0.516. The lowest BCUT2D eigenvalue weighted by atomic mass is 10.5. The maximum absolute atomic E-state index is 4.15. The summed E-state index contributed by atoms with van der Waals surface area (Å²) in [5.74, 6) is 0. The van der Waals surface area contributed by atoms with Crippen molar-refractivity contribution < 1.29 is 0 Å². The number of hydrogen-bond acceptors (Lipinski definition) is 4. The second kappa shape index (κ2) is 5.94. The van der Waals surface area contributed by atoms with E-state index in [9.17, 15) is 0 Å². The molecule has 3 nitrogen and oxygen atoms in total. The van der Waals surface area contributed by atoms with Gasteiger partial charge in [-0.25, -0.2) is 9.97 Å². The molecule has 1 unspecified atom stereocenters. The van der Waals surface area contributed by atoms with Crippen LogP contribution in [-0.4, -0.2) is 28.3 Å². The van der Waals surface area contributed by atoms with E-state index in [0.29, 0.717) is 5.25 Å². The van der Waals surface area contributed by atoms with Gasteiger partial charge >= 0.3 is 0 Å². The summed E-state index contributed by atoms with van der Waals surface area (Å²) >= 11 is 1.70. The number of thioether (sulfide) groups is 1. The fraction of sp³-hybridized carbons (Fsp3) is 0.556. The second-order valence-corrected chi connectivity index (χ2v) is 4.17. The normalized spacial score (nSPS) is 12.8. The van der Waals surface area contributed by atoms with Gasteiger partial charge in [-0.1, -0.05) is 25.6 Å². The largest absolute Gasteiger partial charge is 0.316 e. The number of aromatic nitrogens is 2. The van der Waals surface area contributed by atoms with Gasteiger partial charge in [0.05, 0.1) is 0 Å². The Morgan fingerprint density at radius 3 is 2.77 bits per heavy atom. The molecule has 13 heavy (non-hydrogen) atoms. The summed E-state index contributed by atoms with van der Waals surface area (Å²) in [6.45, 7) is 6.29. The molecule has 1 atom stereocenters. The van der Waals surface area contributed by atoms with E-state index in [1.807, 2.05) is 6.07 Å². The standard InChI is InChI=1S/C9H15N3S/c1-3-10-7-8(2)13-9-11-5-4-6-12-9/h4-6,8,10H,3,7H2,1-2H3. The van der Waals surface area contributed by atoms with Crippen molar-refractivity contribution in [2.75, 3.05) is 13.1 Å². The van der Waals surface area contributed by atoms with E-state index < -0.39 is 0 Å². The summed E-state index contributed by atoms with van der Waals surface area (Å²) in [4.78, 5) is 8.30. The van der Waals surface area contributed by atoms with Crippen molar-refractivity contribution >= 4 is 11.8 Å². The van der Waals surface area contributed by atoms with Crippen LogP contribution in [0.5, 0.6) is 0 Å². The fourth-order valence-electron chi connectivity index (χ4n) is 0.915. The molecule has 0 fully saturated rings. The Balaban J connectivity index is 2.32. The van der Waals surface area contributed by atoms with E-state index in [-0.39, 0.29) is 0 Å². The van der Waals surface area contributed by atoms with E-state index in [1.165, 1.54) is 0 Å². The Hall–Kier alpha value is -0.610. The predicted octanol–water partition coefficient (Wildman–Crippen LogP) is 1.57. The number of nitrogens with one attached hydrogen (secondary N) is 1. The van der Waals surface area contributed by atoms with Gasteiger partial charge in [-0.15, -0.1) is 0 Å². The molecular weight excluding hydrogens is 182 g/mol. The van der Waals surface area contributed by atoms with Crippen molar-refractivity contribution in [1.82, 2.24) is 15.3 Å². The highest BCUT2D eigenvalue weighted by Crippen LogP contribution is 2.16. The molecule has 1 aromatic heterocycles. The van der Waals surface area contributed by atoms with Gasteiger partial charge in [0.2, 0.25) is 0 Å². The summed E-state index contributed by atoms with van der Waals surface area (Å²) in [5, 5.41) is 4.66. The Morgan fingerprint density at radius 1 is 1.46 bits per heavy atom. The first kappa shape index (κ1) is 10.5. The van der Waals surface area contributed by atoms with Crippen LogP contribution < -0.4 is 5.32 Å². The molecule has 1 N–H and O–H groups in total. The number of rotatable bonds is 5. The van der Waals surface area contributed by atoms with Gasteiger partial charge in [0.15, 0.2) is 5.16 Å². The summed E-state index contributed by atoms with van der Waals surface area (Å²) in [6.07, 6.45) is 3.55. The van der Waals surface area contributed by atoms with Crippen molar-refractivity contribution in [2.45, 2.75) is 24.3 Å². The Kier molecular flexibility index (Phi) is 4.78. The topological polar surface area (TPSA) is 37.8 Å². The van der Waals surface area contributed by atoms with E-state index in [4.69, 9.17) is 0 Å². The van der Waals surface area contributed by atoms with Crippen LogP contribution in [0.15, 0.2) is 23.6 Å². The molecule has 0 aliphatic heterocycles. The average Bonchev–Trinajstić information content (AvgIpc) is 2.16. The van der Waals surface area contributed by atoms with E-state index in [0.717, 1.165) is 18.2 Å². The molecule has 0 saturated heterocycles. The molecule has 1 heterocycles. The first-order chi connectivity index (χ1) is 6.33. The van der Waals surface area contributed by atoms with Crippen LogP contribution in [0.2, 0.25) is 0 Å². The van der Waals surface area contributed by atoms with Crippen LogP contribution in [0.3, 0.4) is 0 Å². The molecule has 1 aromatic rings. The van der Waals surface area contributed by atoms with Crippen LogP contribution in [0.1, 0.15) is 13.8 Å². The molecule has 0 amide bonds. The maximum atomic E-state index is 4.15. The zero-order valence-corrected chi connectivity index (χ0v) is 8.84. The van der Waals surface area contributed by atoms with Crippen molar-refractivity contribution in [3.63, 3.8) is 0 Å². The van der Waals surface area contributed by atoms with Crippen molar-refractivity contribution in [1.29, 1.82) is 0 Å². The van der Waals surface area contributed by atoms with E-state index in [1.54, 1.807) is 24.2 Å². The molecule has 4 heteroatoms. The Bertz CT molecular complexity index is 228. The van der Waals surface area contributed by atoms with Crippen LogP contribution in [-0.2, 0) is 0 Å². The Labute approximate surface area is 83.4 Å². The molecular formula is C9H15N3S. The summed E-state index contributed by atoms with van der Waals surface area (Å²) in [7, 11) is 0. The van der Waals surface area contributed by atoms with Gasteiger partial charge < -0.3 is 5.32 Å². The number of hydrogen-bond donors (Lipinski definition) is 1. The second-order valence-electron chi connectivity index (χ2n) is 2.77. The average molecular weight is 197 g/mol. The zero-order chi connectivity index (χ0) is 9.52. The third-order valence-corrected chi connectivity index (χ3v) is 2.52. The van der Waals surface area contributed by atoms with E-state index in [2.05, 4.69) is 29.1 Å². The molecule has 1 rings (SSSR count). The third kappa shape index (κ3) is 4.24. The zero-order valence-electron chi connectivity index (χ0n) is 8.03. The van der Waals surface area contributed by atoms with Crippen LogP contribution in [0.4, 0.5) is 0 Å². The SMILES string of the molecule is CCNCC(C)Sc1ncccn1. The highest BCUT2D eigenvalue weighted by atomic mass is 32.2. The molecule has 0 aliphatic rings. The lowest BCUT2D eigenvalue weighted by molar-refractivity contribution is 0.711. The van der Waals surface area contributed by atoms with Gasteiger partial charge in [-0.05, 0) is 12.6 Å². The molecule has 0 aromatic carbocycles. The molecule has 0 saturated carbocycles. The molecule has 0 radical (unpaired) electrons. The summed E-state index contributed by atoms with van der Waals surface area (Å²) in [6, 6.07) is 1.83. The van der Waals surface area contributed by atoms with Crippen LogP contribution >= 0.6 is 11.8 Å². The van der Waals surface area contributed by atoms with Crippen LogP contribution in [0, 0.1) is 0 Å². The highest BCUT2D eigenvalue weighted by Gasteiger charge is 2.04. The molecule has 0 aliphatic carbocycles. The van der Waals surface area contributed by atoms with E-state index >= 15 is 0 Å². The van der Waals surface area contributed by atoms with Crippen molar-refractivity contribution in [2.24, 2.45) is 0 Å². The first-order valence-corrected chi connectivity index (χ1v) is 5.35.